The largest absolute Gasteiger partial charge is 0.478 e. The van der Waals surface area contributed by atoms with Gasteiger partial charge in [0.1, 0.15) is 5.56 Å². The Hall–Kier alpha value is -1.59. The van der Waals surface area contributed by atoms with Crippen molar-refractivity contribution in [1.29, 1.82) is 0 Å². The number of rotatable bonds is 3. The maximum absolute atomic E-state index is 11.0. The molecule has 0 radical (unpaired) electrons. The van der Waals surface area contributed by atoms with E-state index in [2.05, 4.69) is 26.2 Å². The molecule has 0 spiro atoms. The number of anilines is 2. The van der Waals surface area contributed by atoms with Crippen LogP contribution in [-0.4, -0.2) is 16.1 Å². The van der Waals surface area contributed by atoms with Crippen molar-refractivity contribution < 1.29 is 9.90 Å². The maximum atomic E-state index is 11.0. The molecule has 4 nitrogen and oxygen atoms in total. The van der Waals surface area contributed by atoms with E-state index in [1.807, 2.05) is 0 Å². The second kappa shape index (κ2) is 5.37. The smallest absolute Gasteiger partial charge is 0.339 e. The minimum absolute atomic E-state index is 0.111. The highest BCUT2D eigenvalue weighted by Crippen LogP contribution is 2.29. The van der Waals surface area contributed by atoms with Gasteiger partial charge in [-0.1, -0.05) is 11.6 Å². The molecular weight excluding hydrogens is 320 g/mol. The van der Waals surface area contributed by atoms with Crippen LogP contribution in [0.15, 0.2) is 41.1 Å². The second-order valence-electron chi connectivity index (χ2n) is 3.48. The summed E-state index contributed by atoms with van der Waals surface area (Å²) in [5.74, 6) is -1.03. The molecular formula is C12H8BrClN2O2. The molecule has 6 heteroatoms. The predicted octanol–water partition coefficient (Wildman–Crippen LogP) is 3.94. The molecule has 0 fully saturated rings. The number of nitrogens with zero attached hydrogens (tertiary/aromatic N) is 1. The molecule has 92 valence electrons. The van der Waals surface area contributed by atoms with E-state index in [0.29, 0.717) is 10.7 Å². The third-order valence-electron chi connectivity index (χ3n) is 2.25. The van der Waals surface area contributed by atoms with Crippen LogP contribution in [0.2, 0.25) is 5.02 Å². The van der Waals surface area contributed by atoms with Crippen molar-refractivity contribution in [3.05, 3.63) is 51.7 Å². The Balaban J connectivity index is 2.37. The Kier molecular flexibility index (Phi) is 3.84. The van der Waals surface area contributed by atoms with Gasteiger partial charge >= 0.3 is 5.97 Å². The van der Waals surface area contributed by atoms with Crippen LogP contribution in [-0.2, 0) is 0 Å². The van der Waals surface area contributed by atoms with E-state index in [4.69, 9.17) is 16.7 Å². The van der Waals surface area contributed by atoms with Gasteiger partial charge in [-0.2, -0.15) is 0 Å². The number of hydrogen-bond donors (Lipinski definition) is 2. The fraction of sp³-hybridized carbons (Fsp3) is 0. The first-order chi connectivity index (χ1) is 8.58. The Morgan fingerprint density at radius 3 is 2.78 bits per heavy atom. The lowest BCUT2D eigenvalue weighted by Gasteiger charge is -2.10. The standard InChI is InChI=1S/C12H8BrClN2O2/c13-9-5-7(14)1-2-11(9)16-10-3-4-15-6-8(10)12(17)18/h1-6H,(H,15,16)(H,17,18). The Morgan fingerprint density at radius 2 is 2.11 bits per heavy atom. The first kappa shape index (κ1) is 12.9. The minimum atomic E-state index is -1.03. The fourth-order valence-electron chi connectivity index (χ4n) is 1.41. The summed E-state index contributed by atoms with van der Waals surface area (Å²) in [5.41, 5.74) is 1.31. The van der Waals surface area contributed by atoms with E-state index in [0.717, 1.165) is 10.2 Å². The van der Waals surface area contributed by atoms with Gasteiger partial charge in [0.2, 0.25) is 0 Å². The highest BCUT2D eigenvalue weighted by Gasteiger charge is 2.11. The third kappa shape index (κ3) is 2.80. The van der Waals surface area contributed by atoms with E-state index < -0.39 is 5.97 Å². The molecule has 2 aromatic rings. The first-order valence-corrected chi connectivity index (χ1v) is 6.14. The zero-order chi connectivity index (χ0) is 13.1. The van der Waals surface area contributed by atoms with Crippen molar-refractivity contribution >= 4 is 44.9 Å². The van der Waals surface area contributed by atoms with Gasteiger partial charge in [-0.25, -0.2) is 4.79 Å². The van der Waals surface area contributed by atoms with E-state index in [1.165, 1.54) is 12.4 Å². The quantitative estimate of drug-likeness (QED) is 0.896. The van der Waals surface area contributed by atoms with Crippen molar-refractivity contribution in [3.8, 4) is 0 Å². The summed E-state index contributed by atoms with van der Waals surface area (Å²) in [6.45, 7) is 0. The SMILES string of the molecule is O=C(O)c1cnccc1Nc1ccc(Cl)cc1Br. The Bertz CT molecular complexity index is 604. The molecule has 0 amide bonds. The van der Waals surface area contributed by atoms with Gasteiger partial charge in [0.25, 0.3) is 0 Å². The summed E-state index contributed by atoms with van der Waals surface area (Å²) in [6, 6.07) is 6.81. The average molecular weight is 328 g/mol. The fourth-order valence-corrected chi connectivity index (χ4v) is 2.19. The van der Waals surface area contributed by atoms with Crippen molar-refractivity contribution in [2.24, 2.45) is 0 Å². The molecule has 0 bridgehead atoms. The van der Waals surface area contributed by atoms with Gasteiger partial charge in [-0.3, -0.25) is 4.98 Å². The summed E-state index contributed by atoms with van der Waals surface area (Å²) in [7, 11) is 0. The van der Waals surface area contributed by atoms with Crippen molar-refractivity contribution in [1.82, 2.24) is 4.98 Å². The summed E-state index contributed by atoms with van der Waals surface area (Å²) >= 11 is 9.20. The molecule has 0 aliphatic heterocycles. The Labute approximate surface area is 117 Å². The lowest BCUT2D eigenvalue weighted by Crippen LogP contribution is -2.03. The molecule has 0 atom stereocenters. The Morgan fingerprint density at radius 1 is 1.33 bits per heavy atom. The van der Waals surface area contributed by atoms with Crippen LogP contribution in [0.25, 0.3) is 0 Å². The molecule has 0 unspecified atom stereocenters. The molecule has 2 rings (SSSR count). The van der Waals surface area contributed by atoms with Crippen LogP contribution >= 0.6 is 27.5 Å². The number of halogens is 2. The van der Waals surface area contributed by atoms with Crippen molar-refractivity contribution in [3.63, 3.8) is 0 Å². The number of aromatic carboxylic acids is 1. The van der Waals surface area contributed by atoms with Crippen LogP contribution in [0, 0.1) is 0 Å². The van der Waals surface area contributed by atoms with Crippen LogP contribution < -0.4 is 5.32 Å². The van der Waals surface area contributed by atoms with Crippen LogP contribution in [0.3, 0.4) is 0 Å². The number of pyridine rings is 1. The summed E-state index contributed by atoms with van der Waals surface area (Å²) in [4.78, 5) is 14.8. The molecule has 0 aliphatic rings. The van der Waals surface area contributed by atoms with Gasteiger partial charge in [0.15, 0.2) is 0 Å². The molecule has 0 saturated heterocycles. The van der Waals surface area contributed by atoms with Gasteiger partial charge < -0.3 is 10.4 Å². The molecule has 0 aliphatic carbocycles. The zero-order valence-electron chi connectivity index (χ0n) is 9.02. The lowest BCUT2D eigenvalue weighted by molar-refractivity contribution is 0.0697. The molecule has 18 heavy (non-hydrogen) atoms. The molecule has 1 aromatic carbocycles. The normalized spacial score (nSPS) is 10.1. The number of hydrogen-bond acceptors (Lipinski definition) is 3. The summed E-state index contributed by atoms with van der Waals surface area (Å²) in [6.07, 6.45) is 2.83. The zero-order valence-corrected chi connectivity index (χ0v) is 11.4. The van der Waals surface area contributed by atoms with Gasteiger partial charge in [-0.15, -0.1) is 0 Å². The lowest BCUT2D eigenvalue weighted by atomic mass is 10.2. The molecule has 1 aromatic heterocycles. The maximum Gasteiger partial charge on any atom is 0.339 e. The van der Waals surface area contributed by atoms with Gasteiger partial charge in [-0.05, 0) is 40.2 Å². The number of carboxylic acid groups (broad SMARTS) is 1. The summed E-state index contributed by atoms with van der Waals surface area (Å²) < 4.78 is 0.753. The molecule has 1 heterocycles. The number of carboxylic acids is 1. The number of benzene rings is 1. The summed E-state index contributed by atoms with van der Waals surface area (Å²) in [5, 5.41) is 12.7. The predicted molar refractivity (Wildman–Crippen MR) is 73.6 cm³/mol. The number of aromatic nitrogens is 1. The molecule has 0 saturated carbocycles. The highest BCUT2D eigenvalue weighted by atomic mass is 79.9. The number of nitrogens with one attached hydrogen (secondary N) is 1. The monoisotopic (exact) mass is 326 g/mol. The topological polar surface area (TPSA) is 62.2 Å². The van der Waals surface area contributed by atoms with Crippen LogP contribution in [0.5, 0.6) is 0 Å². The van der Waals surface area contributed by atoms with Crippen molar-refractivity contribution in [2.45, 2.75) is 0 Å². The van der Waals surface area contributed by atoms with Crippen LogP contribution in [0.4, 0.5) is 11.4 Å². The second-order valence-corrected chi connectivity index (χ2v) is 4.77. The van der Waals surface area contributed by atoms with Crippen molar-refractivity contribution in [2.75, 3.05) is 5.32 Å². The third-order valence-corrected chi connectivity index (χ3v) is 3.14. The van der Waals surface area contributed by atoms with Gasteiger partial charge in [0, 0.05) is 21.9 Å². The van der Waals surface area contributed by atoms with Crippen LogP contribution in [0.1, 0.15) is 10.4 Å². The number of carbonyl (C=O) groups is 1. The average Bonchev–Trinajstić information content (AvgIpc) is 2.33. The van der Waals surface area contributed by atoms with E-state index in [1.54, 1.807) is 24.3 Å². The van der Waals surface area contributed by atoms with E-state index >= 15 is 0 Å². The first-order valence-electron chi connectivity index (χ1n) is 4.97. The van der Waals surface area contributed by atoms with Gasteiger partial charge in [0.05, 0.1) is 11.4 Å². The highest BCUT2D eigenvalue weighted by molar-refractivity contribution is 9.10. The minimum Gasteiger partial charge on any atom is -0.478 e. The van der Waals surface area contributed by atoms with E-state index in [-0.39, 0.29) is 5.56 Å². The van der Waals surface area contributed by atoms with E-state index in [9.17, 15) is 4.79 Å². The molecule has 2 N–H and O–H groups in total.